The van der Waals surface area contributed by atoms with E-state index >= 15 is 0 Å². The van der Waals surface area contributed by atoms with Crippen LogP contribution < -0.4 is 15.5 Å². The van der Waals surface area contributed by atoms with E-state index in [1.165, 1.54) is 41.8 Å². The highest BCUT2D eigenvalue weighted by molar-refractivity contribution is 7.17. The van der Waals surface area contributed by atoms with Crippen LogP contribution in [0.1, 0.15) is 63.9 Å². The van der Waals surface area contributed by atoms with E-state index in [4.69, 9.17) is 9.47 Å². The van der Waals surface area contributed by atoms with E-state index < -0.39 is 18.0 Å². The molecule has 2 atom stereocenters. The molecule has 0 saturated carbocycles. The number of carbonyl (C=O) groups excluding carboxylic acids is 3. The van der Waals surface area contributed by atoms with E-state index in [1.807, 2.05) is 0 Å². The van der Waals surface area contributed by atoms with Gasteiger partial charge >= 0.3 is 5.97 Å². The number of amides is 2. The number of anilines is 1. The van der Waals surface area contributed by atoms with E-state index in [-0.39, 0.29) is 18.3 Å². The first-order valence-corrected chi connectivity index (χ1v) is 13.5. The molecule has 10 heteroatoms. The molecule has 0 spiro atoms. The van der Waals surface area contributed by atoms with Gasteiger partial charge in [-0.05, 0) is 86.6 Å². The molecule has 1 aliphatic carbocycles. The van der Waals surface area contributed by atoms with Crippen LogP contribution in [-0.4, -0.2) is 36.7 Å². The number of fused-ring (bicyclic) bond motifs is 1. The molecule has 0 bridgehead atoms. The molecule has 204 valence electrons. The van der Waals surface area contributed by atoms with Gasteiger partial charge in [0.2, 0.25) is 0 Å². The van der Waals surface area contributed by atoms with E-state index in [1.54, 1.807) is 38.1 Å². The van der Waals surface area contributed by atoms with Gasteiger partial charge in [0.15, 0.2) is 6.10 Å². The molecule has 0 radical (unpaired) electrons. The van der Waals surface area contributed by atoms with Gasteiger partial charge in [0.05, 0.1) is 18.4 Å². The zero-order valence-corrected chi connectivity index (χ0v) is 22.8. The highest BCUT2D eigenvalue weighted by atomic mass is 32.1. The van der Waals surface area contributed by atoms with E-state index in [2.05, 4.69) is 22.8 Å². The van der Waals surface area contributed by atoms with Gasteiger partial charge in [-0.15, -0.1) is 11.3 Å². The summed E-state index contributed by atoms with van der Waals surface area (Å²) in [6.45, 7) is 5.76. The lowest BCUT2D eigenvalue weighted by Gasteiger charge is -2.18. The summed E-state index contributed by atoms with van der Waals surface area (Å²) >= 11 is 1.43. The normalized spacial score (nSPS) is 15.3. The van der Waals surface area contributed by atoms with Crippen molar-refractivity contribution in [2.24, 2.45) is 11.0 Å². The molecule has 0 saturated heterocycles. The summed E-state index contributed by atoms with van der Waals surface area (Å²) in [5.41, 5.74) is 4.82. The third-order valence-electron chi connectivity index (χ3n) is 6.28. The van der Waals surface area contributed by atoms with Gasteiger partial charge in [-0.3, -0.25) is 9.59 Å². The molecule has 2 amide bonds. The number of hydrazone groups is 1. The maximum absolute atomic E-state index is 13.0. The summed E-state index contributed by atoms with van der Waals surface area (Å²) in [6, 6.07) is 12.0. The third-order valence-corrected chi connectivity index (χ3v) is 7.45. The molecular formula is C29H30FN3O5S. The molecular weight excluding hydrogens is 521 g/mol. The second kappa shape index (κ2) is 12.7. The molecule has 0 unspecified atom stereocenters. The number of nitrogens with zero attached hydrogens (tertiary/aromatic N) is 1. The standard InChI is InChI=1S/C29H30FN3O5S/c1-4-37-29(36)25-23-14-5-17(2)15-24(23)39-28(25)32-27(35)20-8-12-22(13-9-20)38-18(3)26(34)33-31-16-19-6-10-21(30)11-7-19/h6-13,16-18H,4-5,14-15H2,1-3H3,(H,32,35)(H,33,34)/b31-16-/t17-,18-/m1/s1. The van der Waals surface area contributed by atoms with Gasteiger partial charge in [-0.2, -0.15) is 5.10 Å². The summed E-state index contributed by atoms with van der Waals surface area (Å²) in [5.74, 6) is -0.698. The molecule has 39 heavy (non-hydrogen) atoms. The topological polar surface area (TPSA) is 106 Å². The molecule has 1 heterocycles. The number of ether oxygens (including phenoxy) is 2. The molecule has 1 aromatic heterocycles. The Balaban J connectivity index is 1.37. The molecule has 4 rings (SSSR count). The van der Waals surface area contributed by atoms with Crippen LogP contribution in [0.2, 0.25) is 0 Å². The number of benzene rings is 2. The number of hydrogen-bond donors (Lipinski definition) is 2. The second-order valence-corrected chi connectivity index (χ2v) is 10.4. The van der Waals surface area contributed by atoms with Gasteiger partial charge in [0.1, 0.15) is 16.6 Å². The first kappa shape index (κ1) is 28.0. The van der Waals surface area contributed by atoms with Crippen molar-refractivity contribution >= 4 is 40.3 Å². The van der Waals surface area contributed by atoms with Crippen molar-refractivity contribution in [3.8, 4) is 5.75 Å². The average Bonchev–Trinajstić information content (AvgIpc) is 3.27. The van der Waals surface area contributed by atoms with Crippen molar-refractivity contribution < 1.29 is 28.2 Å². The molecule has 0 aliphatic heterocycles. The van der Waals surface area contributed by atoms with Crippen LogP contribution in [0, 0.1) is 11.7 Å². The van der Waals surface area contributed by atoms with Crippen molar-refractivity contribution in [3.63, 3.8) is 0 Å². The van der Waals surface area contributed by atoms with Crippen LogP contribution >= 0.6 is 11.3 Å². The monoisotopic (exact) mass is 551 g/mol. The lowest BCUT2D eigenvalue weighted by Crippen LogP contribution is -2.33. The SMILES string of the molecule is CCOC(=O)c1c(NC(=O)c2ccc(O[C@H](C)C(=O)N/N=C\c3ccc(F)cc3)cc2)sc2c1CC[C@@H](C)C2. The molecule has 2 N–H and O–H groups in total. The minimum Gasteiger partial charge on any atom is -0.481 e. The van der Waals surface area contributed by atoms with Crippen LogP contribution in [0.5, 0.6) is 5.75 Å². The Morgan fingerprint density at radius 2 is 1.87 bits per heavy atom. The summed E-state index contributed by atoms with van der Waals surface area (Å²) in [7, 11) is 0. The molecule has 8 nitrogen and oxygen atoms in total. The summed E-state index contributed by atoms with van der Waals surface area (Å²) < 4.78 is 23.9. The van der Waals surface area contributed by atoms with Crippen LogP contribution in [0.15, 0.2) is 53.6 Å². The predicted octanol–water partition coefficient (Wildman–Crippen LogP) is 5.36. The van der Waals surface area contributed by atoms with Gasteiger partial charge in [-0.1, -0.05) is 19.1 Å². The highest BCUT2D eigenvalue weighted by Gasteiger charge is 2.29. The number of hydrogen-bond acceptors (Lipinski definition) is 7. The van der Waals surface area contributed by atoms with Crippen molar-refractivity contribution in [1.82, 2.24) is 5.43 Å². The van der Waals surface area contributed by atoms with Crippen LogP contribution in [0.3, 0.4) is 0 Å². The van der Waals surface area contributed by atoms with Crippen molar-refractivity contribution in [3.05, 3.63) is 81.5 Å². The van der Waals surface area contributed by atoms with Gasteiger partial charge < -0.3 is 14.8 Å². The fourth-order valence-corrected chi connectivity index (χ4v) is 5.58. The van der Waals surface area contributed by atoms with Crippen LogP contribution in [0.4, 0.5) is 9.39 Å². The highest BCUT2D eigenvalue weighted by Crippen LogP contribution is 2.40. The van der Waals surface area contributed by atoms with Gasteiger partial charge in [0, 0.05) is 10.4 Å². The molecule has 2 aromatic carbocycles. The number of rotatable bonds is 9. The zero-order valence-electron chi connectivity index (χ0n) is 22.0. The maximum atomic E-state index is 13.0. The summed E-state index contributed by atoms with van der Waals surface area (Å²) in [5, 5.41) is 7.26. The zero-order chi connectivity index (χ0) is 27.9. The molecule has 3 aromatic rings. The number of carbonyl (C=O) groups is 3. The summed E-state index contributed by atoms with van der Waals surface area (Å²) in [4.78, 5) is 39.1. The Kier molecular flexibility index (Phi) is 9.08. The number of esters is 1. The first-order valence-electron chi connectivity index (χ1n) is 12.7. The van der Waals surface area contributed by atoms with Gasteiger partial charge in [-0.25, -0.2) is 14.6 Å². The number of nitrogens with one attached hydrogen (secondary N) is 2. The number of halogens is 1. The van der Waals surface area contributed by atoms with Crippen LogP contribution in [-0.2, 0) is 22.4 Å². The molecule has 1 aliphatic rings. The largest absolute Gasteiger partial charge is 0.481 e. The van der Waals surface area contributed by atoms with Crippen molar-refractivity contribution in [2.45, 2.75) is 46.1 Å². The minimum absolute atomic E-state index is 0.256. The quantitative estimate of drug-likeness (QED) is 0.212. The number of thiophene rings is 1. The first-order chi connectivity index (χ1) is 18.7. The lowest BCUT2D eigenvalue weighted by molar-refractivity contribution is -0.127. The molecule has 0 fully saturated rings. The van der Waals surface area contributed by atoms with E-state index in [0.29, 0.717) is 33.4 Å². The third kappa shape index (κ3) is 7.08. The lowest BCUT2D eigenvalue weighted by atomic mass is 9.88. The van der Waals surface area contributed by atoms with Crippen molar-refractivity contribution in [1.29, 1.82) is 0 Å². The second-order valence-electron chi connectivity index (χ2n) is 9.30. The van der Waals surface area contributed by atoms with Gasteiger partial charge in [0.25, 0.3) is 11.8 Å². The predicted molar refractivity (Wildman–Crippen MR) is 148 cm³/mol. The summed E-state index contributed by atoms with van der Waals surface area (Å²) in [6.07, 6.45) is 3.18. The fourth-order valence-electron chi connectivity index (χ4n) is 4.19. The average molecular weight is 552 g/mol. The Morgan fingerprint density at radius 1 is 1.15 bits per heavy atom. The Bertz CT molecular complexity index is 1370. The Hall–Kier alpha value is -4.05. The van der Waals surface area contributed by atoms with Crippen molar-refractivity contribution in [2.75, 3.05) is 11.9 Å². The minimum atomic E-state index is -0.859. The van der Waals surface area contributed by atoms with E-state index in [0.717, 1.165) is 29.7 Å². The fraction of sp³-hybridized carbons (Fsp3) is 0.310. The Morgan fingerprint density at radius 3 is 2.56 bits per heavy atom. The Labute approximate surface area is 230 Å². The van der Waals surface area contributed by atoms with Crippen LogP contribution in [0.25, 0.3) is 0 Å². The maximum Gasteiger partial charge on any atom is 0.341 e. The smallest absolute Gasteiger partial charge is 0.341 e. The van der Waals surface area contributed by atoms with E-state index in [9.17, 15) is 18.8 Å².